The van der Waals surface area contributed by atoms with E-state index in [9.17, 15) is 0 Å². The molecule has 1 rings (SSSR count). The molecule has 2 nitrogen and oxygen atoms in total. The Hall–Kier alpha value is -0.0800. The number of unbranched alkanes of at least 4 members (excludes halogenated alkanes) is 3. The highest BCUT2D eigenvalue weighted by Crippen LogP contribution is 2.24. The minimum atomic E-state index is 0.762. The molecule has 1 N–H and O–H groups in total. The van der Waals surface area contributed by atoms with Crippen molar-refractivity contribution < 1.29 is 0 Å². The summed E-state index contributed by atoms with van der Waals surface area (Å²) in [7, 11) is 4.44. The fourth-order valence-corrected chi connectivity index (χ4v) is 3.20. The van der Waals surface area contributed by atoms with Gasteiger partial charge in [-0.25, -0.2) is 0 Å². The van der Waals surface area contributed by atoms with Crippen LogP contribution in [0.1, 0.15) is 71.6 Å². The molecular weight excluding hydrogens is 220 g/mol. The molecule has 0 radical (unpaired) electrons. The van der Waals surface area contributed by atoms with Crippen LogP contribution in [-0.2, 0) is 0 Å². The zero-order valence-electron chi connectivity index (χ0n) is 13.0. The van der Waals surface area contributed by atoms with E-state index >= 15 is 0 Å². The molecule has 0 heterocycles. The third-order valence-corrected chi connectivity index (χ3v) is 4.85. The van der Waals surface area contributed by atoms with Gasteiger partial charge < -0.3 is 10.2 Å². The van der Waals surface area contributed by atoms with Gasteiger partial charge in [0.05, 0.1) is 0 Å². The zero-order chi connectivity index (χ0) is 13.4. The Morgan fingerprint density at radius 2 is 1.78 bits per heavy atom. The molecule has 0 amide bonds. The minimum absolute atomic E-state index is 0.762. The molecule has 0 aromatic heterocycles. The van der Waals surface area contributed by atoms with Crippen molar-refractivity contribution in [3.05, 3.63) is 0 Å². The molecule has 1 atom stereocenters. The smallest absolute Gasteiger partial charge is 0.00961 e. The summed E-state index contributed by atoms with van der Waals surface area (Å²) in [5, 5.41) is 3.42. The van der Waals surface area contributed by atoms with Crippen molar-refractivity contribution in [1.29, 1.82) is 0 Å². The molecule has 0 aromatic rings. The predicted octanol–water partition coefficient (Wildman–Crippen LogP) is 3.81. The summed E-state index contributed by atoms with van der Waals surface area (Å²) in [6.07, 6.45) is 12.4. The molecule has 1 saturated carbocycles. The van der Waals surface area contributed by atoms with Crippen LogP contribution in [0.15, 0.2) is 0 Å². The van der Waals surface area contributed by atoms with Gasteiger partial charge in [-0.1, -0.05) is 32.6 Å². The maximum Gasteiger partial charge on any atom is 0.00961 e. The molecule has 0 saturated heterocycles. The summed E-state index contributed by atoms with van der Waals surface area (Å²) in [5.41, 5.74) is 0. The Kier molecular flexibility index (Phi) is 7.92. The standard InChI is InChI=1S/C16H34N2/c1-5-6-7-8-9-14(2)18(4)16-12-10-15(17-3)11-13-16/h14-17H,5-13H2,1-4H3. The summed E-state index contributed by atoms with van der Waals surface area (Å²) in [6, 6.07) is 2.36. The highest BCUT2D eigenvalue weighted by atomic mass is 15.2. The zero-order valence-corrected chi connectivity index (χ0v) is 13.0. The SMILES string of the molecule is CCCCCCC(C)N(C)C1CCC(NC)CC1. The van der Waals surface area contributed by atoms with Gasteiger partial charge in [0.1, 0.15) is 0 Å². The first-order valence-corrected chi connectivity index (χ1v) is 8.08. The lowest BCUT2D eigenvalue weighted by atomic mass is 9.89. The van der Waals surface area contributed by atoms with Crippen LogP contribution in [0, 0.1) is 0 Å². The van der Waals surface area contributed by atoms with E-state index in [1.165, 1.54) is 57.8 Å². The second kappa shape index (κ2) is 8.92. The number of hydrogen-bond acceptors (Lipinski definition) is 2. The third kappa shape index (κ3) is 5.27. The largest absolute Gasteiger partial charge is 0.317 e. The number of hydrogen-bond donors (Lipinski definition) is 1. The van der Waals surface area contributed by atoms with E-state index in [0.29, 0.717) is 0 Å². The van der Waals surface area contributed by atoms with Crippen molar-refractivity contribution in [2.24, 2.45) is 0 Å². The average Bonchev–Trinajstić information content (AvgIpc) is 2.42. The summed E-state index contributed by atoms with van der Waals surface area (Å²) in [4.78, 5) is 2.65. The van der Waals surface area contributed by atoms with Gasteiger partial charge in [0.15, 0.2) is 0 Å². The van der Waals surface area contributed by atoms with Gasteiger partial charge in [0.25, 0.3) is 0 Å². The first-order valence-electron chi connectivity index (χ1n) is 8.08. The molecule has 0 bridgehead atoms. The molecule has 18 heavy (non-hydrogen) atoms. The second-order valence-electron chi connectivity index (χ2n) is 6.16. The summed E-state index contributed by atoms with van der Waals surface area (Å²) in [5.74, 6) is 0. The lowest BCUT2D eigenvalue weighted by molar-refractivity contribution is 0.129. The highest BCUT2D eigenvalue weighted by molar-refractivity contribution is 4.82. The fourth-order valence-electron chi connectivity index (χ4n) is 3.20. The lowest BCUT2D eigenvalue weighted by Crippen LogP contribution is -2.43. The molecule has 1 aliphatic carbocycles. The van der Waals surface area contributed by atoms with Gasteiger partial charge in [0, 0.05) is 18.1 Å². The predicted molar refractivity (Wildman–Crippen MR) is 81.1 cm³/mol. The van der Waals surface area contributed by atoms with Crippen molar-refractivity contribution >= 4 is 0 Å². The molecule has 0 aliphatic heterocycles. The highest BCUT2D eigenvalue weighted by Gasteiger charge is 2.25. The molecule has 1 fully saturated rings. The van der Waals surface area contributed by atoms with Crippen molar-refractivity contribution in [3.63, 3.8) is 0 Å². The van der Waals surface area contributed by atoms with E-state index < -0.39 is 0 Å². The third-order valence-electron chi connectivity index (χ3n) is 4.85. The summed E-state index contributed by atoms with van der Waals surface area (Å²) in [6.45, 7) is 4.70. The van der Waals surface area contributed by atoms with Gasteiger partial charge in [-0.05, 0) is 53.1 Å². The maximum atomic E-state index is 3.42. The molecule has 2 heteroatoms. The van der Waals surface area contributed by atoms with Gasteiger partial charge in [0.2, 0.25) is 0 Å². The maximum absolute atomic E-state index is 3.42. The molecular formula is C16H34N2. The second-order valence-corrected chi connectivity index (χ2v) is 6.16. The normalized spacial score (nSPS) is 26.5. The van der Waals surface area contributed by atoms with E-state index in [0.717, 1.165) is 18.1 Å². The van der Waals surface area contributed by atoms with E-state index in [1.54, 1.807) is 0 Å². The Balaban J connectivity index is 2.20. The number of nitrogens with zero attached hydrogens (tertiary/aromatic N) is 1. The van der Waals surface area contributed by atoms with Crippen LogP contribution < -0.4 is 5.32 Å². The topological polar surface area (TPSA) is 15.3 Å². The van der Waals surface area contributed by atoms with Crippen LogP contribution in [0.5, 0.6) is 0 Å². The molecule has 108 valence electrons. The molecule has 0 aromatic carbocycles. The van der Waals surface area contributed by atoms with Gasteiger partial charge >= 0.3 is 0 Å². The van der Waals surface area contributed by atoms with Crippen LogP contribution in [0.4, 0.5) is 0 Å². The first-order chi connectivity index (χ1) is 8.69. The summed E-state index contributed by atoms with van der Waals surface area (Å²) >= 11 is 0. The van der Waals surface area contributed by atoms with Crippen LogP contribution in [0.25, 0.3) is 0 Å². The van der Waals surface area contributed by atoms with Gasteiger partial charge in [-0.3, -0.25) is 0 Å². The van der Waals surface area contributed by atoms with E-state index in [2.05, 4.69) is 38.2 Å². The van der Waals surface area contributed by atoms with Crippen molar-refractivity contribution in [2.75, 3.05) is 14.1 Å². The van der Waals surface area contributed by atoms with Crippen molar-refractivity contribution in [1.82, 2.24) is 10.2 Å². The van der Waals surface area contributed by atoms with E-state index in [-0.39, 0.29) is 0 Å². The fraction of sp³-hybridized carbons (Fsp3) is 1.00. The Bertz CT molecular complexity index is 197. The monoisotopic (exact) mass is 254 g/mol. The van der Waals surface area contributed by atoms with Crippen molar-refractivity contribution in [2.45, 2.75) is 89.8 Å². The Morgan fingerprint density at radius 1 is 1.11 bits per heavy atom. The lowest BCUT2D eigenvalue weighted by Gasteiger charge is -2.38. The molecule has 0 spiro atoms. The minimum Gasteiger partial charge on any atom is -0.317 e. The number of nitrogens with one attached hydrogen (secondary N) is 1. The number of rotatable bonds is 8. The van der Waals surface area contributed by atoms with E-state index in [4.69, 9.17) is 0 Å². The Labute approximate surface area is 115 Å². The average molecular weight is 254 g/mol. The van der Waals surface area contributed by atoms with Crippen LogP contribution in [-0.4, -0.2) is 37.1 Å². The van der Waals surface area contributed by atoms with Crippen LogP contribution in [0.3, 0.4) is 0 Å². The molecule has 1 unspecified atom stereocenters. The summed E-state index contributed by atoms with van der Waals surface area (Å²) < 4.78 is 0. The Morgan fingerprint density at radius 3 is 2.33 bits per heavy atom. The van der Waals surface area contributed by atoms with E-state index in [1.807, 2.05) is 0 Å². The first kappa shape index (κ1) is 16.0. The van der Waals surface area contributed by atoms with Crippen molar-refractivity contribution in [3.8, 4) is 0 Å². The van der Waals surface area contributed by atoms with Crippen LogP contribution in [0.2, 0.25) is 0 Å². The van der Waals surface area contributed by atoms with Gasteiger partial charge in [-0.15, -0.1) is 0 Å². The molecule has 1 aliphatic rings. The quantitative estimate of drug-likeness (QED) is 0.663. The van der Waals surface area contributed by atoms with Gasteiger partial charge in [-0.2, -0.15) is 0 Å². The van der Waals surface area contributed by atoms with Crippen LogP contribution >= 0.6 is 0 Å².